The van der Waals surface area contributed by atoms with Crippen LogP contribution in [-0.2, 0) is 0 Å². The molecule has 3 nitrogen and oxygen atoms in total. The van der Waals surface area contributed by atoms with E-state index in [-0.39, 0.29) is 6.04 Å². The molecule has 0 bridgehead atoms. The number of benzene rings is 1. The highest BCUT2D eigenvalue weighted by Crippen LogP contribution is 2.32. The van der Waals surface area contributed by atoms with Gasteiger partial charge in [-0.1, -0.05) is 11.6 Å². The van der Waals surface area contributed by atoms with Crippen molar-refractivity contribution in [2.24, 2.45) is 5.73 Å². The van der Waals surface area contributed by atoms with Crippen LogP contribution in [0.5, 0.6) is 5.75 Å². The SMILES string of the molecule is COc1ccc(Cl)c2cc(C(C)N)[nH]c12. The van der Waals surface area contributed by atoms with Crippen LogP contribution in [0.3, 0.4) is 0 Å². The molecule has 1 aromatic heterocycles. The Labute approximate surface area is 93.2 Å². The van der Waals surface area contributed by atoms with Crippen LogP contribution >= 0.6 is 11.6 Å². The van der Waals surface area contributed by atoms with Crippen molar-refractivity contribution in [1.82, 2.24) is 4.98 Å². The predicted octanol–water partition coefficient (Wildman–Crippen LogP) is 2.85. The van der Waals surface area contributed by atoms with Crippen molar-refractivity contribution in [3.63, 3.8) is 0 Å². The molecule has 0 aliphatic carbocycles. The molecule has 0 radical (unpaired) electrons. The van der Waals surface area contributed by atoms with Gasteiger partial charge in [-0.25, -0.2) is 0 Å². The van der Waals surface area contributed by atoms with Crippen LogP contribution in [0.2, 0.25) is 5.02 Å². The van der Waals surface area contributed by atoms with Crippen molar-refractivity contribution >= 4 is 22.5 Å². The molecule has 2 rings (SSSR count). The summed E-state index contributed by atoms with van der Waals surface area (Å²) in [6.07, 6.45) is 0. The highest BCUT2D eigenvalue weighted by atomic mass is 35.5. The minimum Gasteiger partial charge on any atom is -0.495 e. The number of ether oxygens (including phenoxy) is 1. The van der Waals surface area contributed by atoms with Gasteiger partial charge in [0.25, 0.3) is 0 Å². The number of rotatable bonds is 2. The summed E-state index contributed by atoms with van der Waals surface area (Å²) in [7, 11) is 1.63. The Balaban J connectivity index is 2.72. The van der Waals surface area contributed by atoms with E-state index in [1.807, 2.05) is 25.1 Å². The predicted molar refractivity (Wildman–Crippen MR) is 62.5 cm³/mol. The van der Waals surface area contributed by atoms with Crippen molar-refractivity contribution in [2.75, 3.05) is 7.11 Å². The molecule has 4 heteroatoms. The minimum atomic E-state index is -0.0434. The summed E-state index contributed by atoms with van der Waals surface area (Å²) in [5.41, 5.74) is 7.66. The van der Waals surface area contributed by atoms with E-state index in [0.29, 0.717) is 5.02 Å². The molecule has 1 heterocycles. The number of nitrogens with one attached hydrogen (secondary N) is 1. The van der Waals surface area contributed by atoms with Gasteiger partial charge in [0.2, 0.25) is 0 Å². The standard InChI is InChI=1S/C11H13ClN2O/c1-6(13)9-5-7-8(12)3-4-10(15-2)11(7)14-9/h3-6,14H,13H2,1-2H3. The van der Waals surface area contributed by atoms with E-state index in [0.717, 1.165) is 22.3 Å². The number of nitrogens with two attached hydrogens (primary N) is 1. The second-order valence-electron chi connectivity index (χ2n) is 3.55. The van der Waals surface area contributed by atoms with Crippen molar-refractivity contribution in [2.45, 2.75) is 13.0 Å². The van der Waals surface area contributed by atoms with Gasteiger partial charge in [0.05, 0.1) is 17.6 Å². The summed E-state index contributed by atoms with van der Waals surface area (Å²) in [4.78, 5) is 3.22. The number of aromatic nitrogens is 1. The smallest absolute Gasteiger partial charge is 0.143 e. The lowest BCUT2D eigenvalue weighted by Gasteiger charge is -2.02. The van der Waals surface area contributed by atoms with E-state index >= 15 is 0 Å². The second kappa shape index (κ2) is 3.76. The number of aromatic amines is 1. The average molecular weight is 225 g/mol. The van der Waals surface area contributed by atoms with Gasteiger partial charge in [-0.15, -0.1) is 0 Å². The molecule has 0 saturated carbocycles. The van der Waals surface area contributed by atoms with Crippen molar-refractivity contribution in [3.05, 3.63) is 28.9 Å². The zero-order chi connectivity index (χ0) is 11.0. The van der Waals surface area contributed by atoms with Crippen LogP contribution in [0.1, 0.15) is 18.7 Å². The van der Waals surface area contributed by atoms with Crippen molar-refractivity contribution < 1.29 is 4.74 Å². The number of fused-ring (bicyclic) bond motifs is 1. The molecule has 1 unspecified atom stereocenters. The monoisotopic (exact) mass is 224 g/mol. The summed E-state index contributed by atoms with van der Waals surface area (Å²) in [6, 6.07) is 5.58. The third-order valence-electron chi connectivity index (χ3n) is 2.43. The summed E-state index contributed by atoms with van der Waals surface area (Å²) < 4.78 is 5.24. The van der Waals surface area contributed by atoms with Crippen LogP contribution < -0.4 is 10.5 Å². The van der Waals surface area contributed by atoms with E-state index < -0.39 is 0 Å². The maximum absolute atomic E-state index is 6.09. The third-order valence-corrected chi connectivity index (χ3v) is 2.76. The van der Waals surface area contributed by atoms with E-state index in [1.165, 1.54) is 0 Å². The first kappa shape index (κ1) is 10.3. The Kier molecular flexibility index (Phi) is 2.59. The van der Waals surface area contributed by atoms with Crippen molar-refractivity contribution in [1.29, 1.82) is 0 Å². The molecule has 0 saturated heterocycles. The van der Waals surface area contributed by atoms with Gasteiger partial charge in [0.1, 0.15) is 5.75 Å². The summed E-state index contributed by atoms with van der Waals surface area (Å²) >= 11 is 6.09. The Bertz CT molecular complexity index is 491. The van der Waals surface area contributed by atoms with E-state index in [9.17, 15) is 0 Å². The topological polar surface area (TPSA) is 51.0 Å². The fourth-order valence-electron chi connectivity index (χ4n) is 1.60. The third kappa shape index (κ3) is 1.68. The first-order valence-electron chi connectivity index (χ1n) is 4.74. The second-order valence-corrected chi connectivity index (χ2v) is 3.96. The molecule has 0 fully saturated rings. The number of methoxy groups -OCH3 is 1. The molecule has 0 amide bonds. The van der Waals surface area contributed by atoms with Crippen LogP contribution in [0.25, 0.3) is 10.9 Å². The number of halogens is 1. The average Bonchev–Trinajstić information content (AvgIpc) is 2.64. The molecule has 80 valence electrons. The lowest BCUT2D eigenvalue weighted by molar-refractivity contribution is 0.419. The van der Waals surface area contributed by atoms with Crippen LogP contribution in [0.4, 0.5) is 0 Å². The maximum atomic E-state index is 6.09. The van der Waals surface area contributed by atoms with E-state index in [1.54, 1.807) is 7.11 Å². The quantitative estimate of drug-likeness (QED) is 0.824. The molecule has 3 N–H and O–H groups in total. The molecule has 0 aliphatic rings. The molecule has 0 aliphatic heterocycles. The van der Waals surface area contributed by atoms with Crippen LogP contribution in [0, 0.1) is 0 Å². The Morgan fingerprint density at radius 3 is 2.80 bits per heavy atom. The van der Waals surface area contributed by atoms with Gasteiger partial charge in [-0.3, -0.25) is 0 Å². The van der Waals surface area contributed by atoms with Crippen LogP contribution in [0.15, 0.2) is 18.2 Å². The van der Waals surface area contributed by atoms with Gasteiger partial charge in [-0.2, -0.15) is 0 Å². The number of hydrogen-bond acceptors (Lipinski definition) is 2. The molecule has 15 heavy (non-hydrogen) atoms. The Morgan fingerprint density at radius 2 is 2.20 bits per heavy atom. The van der Waals surface area contributed by atoms with Gasteiger partial charge in [0.15, 0.2) is 0 Å². The fourth-order valence-corrected chi connectivity index (χ4v) is 1.81. The zero-order valence-corrected chi connectivity index (χ0v) is 9.43. The van der Waals surface area contributed by atoms with E-state index in [2.05, 4.69) is 4.98 Å². The molecule has 1 atom stereocenters. The lowest BCUT2D eigenvalue weighted by atomic mass is 10.2. The first-order valence-corrected chi connectivity index (χ1v) is 5.12. The highest BCUT2D eigenvalue weighted by Gasteiger charge is 2.10. The summed E-state index contributed by atoms with van der Waals surface area (Å²) in [5, 5.41) is 1.65. The van der Waals surface area contributed by atoms with E-state index in [4.69, 9.17) is 22.1 Å². The zero-order valence-electron chi connectivity index (χ0n) is 8.67. The largest absolute Gasteiger partial charge is 0.495 e. The first-order chi connectivity index (χ1) is 7.13. The summed E-state index contributed by atoms with van der Waals surface area (Å²) in [6.45, 7) is 1.92. The molecular weight excluding hydrogens is 212 g/mol. The molecular formula is C11H13ClN2O. The summed E-state index contributed by atoms with van der Waals surface area (Å²) in [5.74, 6) is 0.779. The minimum absolute atomic E-state index is 0.0434. The maximum Gasteiger partial charge on any atom is 0.143 e. The highest BCUT2D eigenvalue weighted by molar-refractivity contribution is 6.35. The van der Waals surface area contributed by atoms with Gasteiger partial charge < -0.3 is 15.5 Å². The van der Waals surface area contributed by atoms with Crippen LogP contribution in [-0.4, -0.2) is 12.1 Å². The Hall–Kier alpha value is -1.19. The fraction of sp³-hybridized carbons (Fsp3) is 0.273. The van der Waals surface area contributed by atoms with Gasteiger partial charge in [-0.05, 0) is 25.1 Å². The Morgan fingerprint density at radius 1 is 1.47 bits per heavy atom. The molecule has 0 spiro atoms. The molecule has 1 aromatic carbocycles. The van der Waals surface area contributed by atoms with Crippen molar-refractivity contribution in [3.8, 4) is 5.75 Å². The number of hydrogen-bond donors (Lipinski definition) is 2. The van der Waals surface area contributed by atoms with Gasteiger partial charge >= 0.3 is 0 Å². The van der Waals surface area contributed by atoms with Gasteiger partial charge in [0, 0.05) is 17.1 Å². The number of H-pyrrole nitrogens is 1. The lowest BCUT2D eigenvalue weighted by Crippen LogP contribution is -2.04. The molecule has 2 aromatic rings. The normalized spacial score (nSPS) is 13.1.